The van der Waals surface area contributed by atoms with Crippen LogP contribution in [0, 0.1) is 23.7 Å². The van der Waals surface area contributed by atoms with E-state index in [9.17, 15) is 4.79 Å². The Kier molecular flexibility index (Phi) is 5.15. The van der Waals surface area contributed by atoms with Crippen molar-refractivity contribution in [3.05, 3.63) is 58.4 Å². The number of nitrogens with zero attached hydrogens (tertiary/aromatic N) is 4. The van der Waals surface area contributed by atoms with Crippen molar-refractivity contribution in [1.29, 1.82) is 5.26 Å². The Bertz CT molecular complexity index is 1050. The molecule has 6 heteroatoms. The number of likely N-dealkylation sites (tertiary alicyclic amines) is 1. The smallest absolute Gasteiger partial charge is 0.338 e. The summed E-state index contributed by atoms with van der Waals surface area (Å²) >= 11 is 0. The maximum Gasteiger partial charge on any atom is 0.338 e. The van der Waals surface area contributed by atoms with Gasteiger partial charge in [0, 0.05) is 31.4 Å². The summed E-state index contributed by atoms with van der Waals surface area (Å²) in [6.07, 6.45) is 8.18. The molecule has 3 aliphatic rings. The van der Waals surface area contributed by atoms with E-state index in [1.54, 1.807) is 6.20 Å². The van der Waals surface area contributed by atoms with Crippen LogP contribution in [0.5, 0.6) is 0 Å². The molecule has 0 radical (unpaired) electrons. The van der Waals surface area contributed by atoms with Crippen molar-refractivity contribution in [2.75, 3.05) is 37.6 Å². The number of rotatable bonds is 4. The second kappa shape index (κ2) is 7.97. The van der Waals surface area contributed by atoms with Gasteiger partial charge in [-0.25, -0.2) is 4.79 Å². The molecule has 1 aromatic heterocycles. The fourth-order valence-corrected chi connectivity index (χ4v) is 5.42. The summed E-state index contributed by atoms with van der Waals surface area (Å²) in [5.74, 6) is -0.188. The number of carbonyl (C=O) groups is 1. The van der Waals surface area contributed by atoms with E-state index >= 15 is 0 Å². The first-order chi connectivity index (χ1) is 15.1. The number of cyclic esters (lactones) is 1. The predicted octanol–water partition coefficient (Wildman–Crippen LogP) is 3.47. The third kappa shape index (κ3) is 3.79. The molecule has 4 heterocycles. The number of ether oxygens (including phenoxy) is 1. The number of nitriles is 1. The van der Waals surface area contributed by atoms with Crippen molar-refractivity contribution in [2.24, 2.45) is 5.41 Å². The summed E-state index contributed by atoms with van der Waals surface area (Å²) in [5, 5.41) is 9.15. The van der Waals surface area contributed by atoms with Crippen molar-refractivity contribution in [3.8, 4) is 6.07 Å². The molecule has 6 nitrogen and oxygen atoms in total. The lowest BCUT2D eigenvalue weighted by Gasteiger charge is -2.39. The van der Waals surface area contributed by atoms with Crippen LogP contribution in [-0.2, 0) is 17.8 Å². The number of esters is 1. The van der Waals surface area contributed by atoms with Crippen LogP contribution in [0.15, 0.2) is 30.6 Å². The third-order valence-electron chi connectivity index (χ3n) is 7.55. The van der Waals surface area contributed by atoms with Gasteiger partial charge in [-0.05, 0) is 74.4 Å². The van der Waals surface area contributed by atoms with Crippen LogP contribution in [0.4, 0.5) is 5.69 Å². The SMILES string of the molecule is Cc1c(CCN2CCC3(CC2)CCN(c2cncc(C#N)c2)C3)ccc2c1COC2=O. The molecule has 0 saturated carbocycles. The first-order valence-corrected chi connectivity index (χ1v) is 11.2. The lowest BCUT2D eigenvalue weighted by molar-refractivity contribution is 0.0535. The molecule has 2 fully saturated rings. The number of piperidine rings is 1. The van der Waals surface area contributed by atoms with E-state index < -0.39 is 0 Å². The van der Waals surface area contributed by atoms with E-state index in [0.717, 1.165) is 56.0 Å². The summed E-state index contributed by atoms with van der Waals surface area (Å²) < 4.78 is 5.19. The lowest BCUT2D eigenvalue weighted by atomic mass is 9.77. The van der Waals surface area contributed by atoms with Crippen LogP contribution >= 0.6 is 0 Å². The summed E-state index contributed by atoms with van der Waals surface area (Å²) in [7, 11) is 0. The van der Waals surface area contributed by atoms with E-state index in [2.05, 4.69) is 33.8 Å². The quantitative estimate of drug-likeness (QED) is 0.711. The molecule has 31 heavy (non-hydrogen) atoms. The van der Waals surface area contributed by atoms with Crippen LogP contribution in [-0.4, -0.2) is 48.6 Å². The van der Waals surface area contributed by atoms with Crippen LogP contribution in [0.3, 0.4) is 0 Å². The number of pyridine rings is 1. The minimum Gasteiger partial charge on any atom is -0.457 e. The minimum atomic E-state index is -0.188. The highest BCUT2D eigenvalue weighted by Gasteiger charge is 2.40. The monoisotopic (exact) mass is 416 g/mol. The van der Waals surface area contributed by atoms with Crippen LogP contribution in [0.1, 0.15) is 51.9 Å². The summed E-state index contributed by atoms with van der Waals surface area (Å²) in [4.78, 5) is 21.0. The van der Waals surface area contributed by atoms with Gasteiger partial charge in [0.25, 0.3) is 0 Å². The average Bonchev–Trinajstić information content (AvgIpc) is 3.39. The average molecular weight is 417 g/mol. The normalized spacial score (nSPS) is 20.0. The number of benzene rings is 1. The molecule has 5 rings (SSSR count). The van der Waals surface area contributed by atoms with E-state index in [-0.39, 0.29) is 5.97 Å². The Hall–Kier alpha value is -2.91. The number of hydrogen-bond donors (Lipinski definition) is 0. The van der Waals surface area contributed by atoms with Gasteiger partial charge in [-0.2, -0.15) is 5.26 Å². The van der Waals surface area contributed by atoms with Crippen LogP contribution < -0.4 is 4.90 Å². The van der Waals surface area contributed by atoms with Crippen LogP contribution in [0.25, 0.3) is 0 Å². The Morgan fingerprint density at radius 2 is 2.00 bits per heavy atom. The fraction of sp³-hybridized carbons (Fsp3) is 0.480. The van der Waals surface area contributed by atoms with Gasteiger partial charge in [0.2, 0.25) is 0 Å². The van der Waals surface area contributed by atoms with E-state index in [4.69, 9.17) is 10.00 Å². The number of fused-ring (bicyclic) bond motifs is 1. The number of carbonyl (C=O) groups excluding carboxylic acids is 1. The van der Waals surface area contributed by atoms with E-state index in [1.165, 1.54) is 30.4 Å². The van der Waals surface area contributed by atoms with Crippen molar-refractivity contribution in [2.45, 2.75) is 39.2 Å². The second-order valence-electron chi connectivity index (χ2n) is 9.26. The molecular weight excluding hydrogens is 388 g/mol. The third-order valence-corrected chi connectivity index (χ3v) is 7.55. The number of aromatic nitrogens is 1. The van der Waals surface area contributed by atoms with Crippen molar-refractivity contribution < 1.29 is 9.53 Å². The van der Waals surface area contributed by atoms with Gasteiger partial charge in [-0.3, -0.25) is 4.98 Å². The van der Waals surface area contributed by atoms with Gasteiger partial charge in [0.15, 0.2) is 0 Å². The maximum absolute atomic E-state index is 11.8. The molecule has 0 atom stereocenters. The first kappa shape index (κ1) is 20.0. The molecule has 0 amide bonds. The lowest BCUT2D eigenvalue weighted by Crippen LogP contribution is -2.42. The van der Waals surface area contributed by atoms with Gasteiger partial charge in [-0.15, -0.1) is 0 Å². The highest BCUT2D eigenvalue weighted by molar-refractivity contribution is 5.93. The van der Waals surface area contributed by atoms with Gasteiger partial charge >= 0.3 is 5.97 Å². The minimum absolute atomic E-state index is 0.188. The van der Waals surface area contributed by atoms with E-state index in [0.29, 0.717) is 17.6 Å². The Labute approximate surface area is 183 Å². The van der Waals surface area contributed by atoms with Crippen molar-refractivity contribution >= 4 is 11.7 Å². The predicted molar refractivity (Wildman–Crippen MR) is 118 cm³/mol. The molecule has 0 bridgehead atoms. The van der Waals surface area contributed by atoms with Crippen molar-refractivity contribution in [3.63, 3.8) is 0 Å². The molecular formula is C25H28N4O2. The molecule has 3 aliphatic heterocycles. The summed E-state index contributed by atoms with van der Waals surface area (Å²) in [6.45, 7) is 7.98. The first-order valence-electron chi connectivity index (χ1n) is 11.2. The zero-order chi connectivity index (χ0) is 21.4. The van der Waals surface area contributed by atoms with Crippen molar-refractivity contribution in [1.82, 2.24) is 9.88 Å². The standard InChI is InChI=1S/C25H28N4O2/c1-18-20(2-3-22-23(18)16-31-24(22)30)4-8-28-9-5-25(6-10-28)7-11-29(17-25)21-12-19(13-26)14-27-15-21/h2-3,12,14-15H,4-11,16-17H2,1H3. The molecule has 1 spiro atoms. The molecule has 0 aliphatic carbocycles. The molecule has 1 aromatic carbocycles. The highest BCUT2D eigenvalue weighted by Crippen LogP contribution is 2.42. The van der Waals surface area contributed by atoms with Gasteiger partial charge in [0.05, 0.1) is 23.0 Å². The topological polar surface area (TPSA) is 69.5 Å². The molecule has 2 aromatic rings. The summed E-state index contributed by atoms with van der Waals surface area (Å²) in [6, 6.07) is 8.19. The second-order valence-corrected chi connectivity index (χ2v) is 9.26. The molecule has 2 saturated heterocycles. The molecule has 0 unspecified atom stereocenters. The highest BCUT2D eigenvalue weighted by atomic mass is 16.5. The Morgan fingerprint density at radius 3 is 2.81 bits per heavy atom. The van der Waals surface area contributed by atoms with Gasteiger partial charge < -0.3 is 14.5 Å². The zero-order valence-corrected chi connectivity index (χ0v) is 18.1. The van der Waals surface area contributed by atoms with Gasteiger partial charge in [0.1, 0.15) is 12.7 Å². The zero-order valence-electron chi connectivity index (χ0n) is 18.1. The number of anilines is 1. The fourth-order valence-electron chi connectivity index (χ4n) is 5.42. The Morgan fingerprint density at radius 1 is 1.19 bits per heavy atom. The molecule has 0 N–H and O–H groups in total. The summed E-state index contributed by atoms with van der Waals surface area (Å²) in [5.41, 5.74) is 6.45. The van der Waals surface area contributed by atoms with Crippen LogP contribution in [0.2, 0.25) is 0 Å². The van der Waals surface area contributed by atoms with E-state index in [1.807, 2.05) is 18.3 Å². The molecule has 160 valence electrons. The van der Waals surface area contributed by atoms with Gasteiger partial charge in [-0.1, -0.05) is 6.07 Å². The largest absolute Gasteiger partial charge is 0.457 e. The Balaban J connectivity index is 1.16. The number of hydrogen-bond acceptors (Lipinski definition) is 6. The maximum atomic E-state index is 11.8.